The van der Waals surface area contributed by atoms with Crippen LogP contribution in [0.1, 0.15) is 10.4 Å². The number of para-hydroxylation sites is 1. The predicted molar refractivity (Wildman–Crippen MR) is 92.5 cm³/mol. The molecular formula is C18H18ClFN2O2. The van der Waals surface area contributed by atoms with Crippen LogP contribution >= 0.6 is 11.6 Å². The summed E-state index contributed by atoms with van der Waals surface area (Å²) in [4.78, 5) is 16.3. The van der Waals surface area contributed by atoms with Crippen LogP contribution in [0.2, 0.25) is 5.02 Å². The van der Waals surface area contributed by atoms with Gasteiger partial charge in [-0.05, 0) is 24.3 Å². The summed E-state index contributed by atoms with van der Waals surface area (Å²) in [5.74, 6) is -0.463. The molecule has 0 radical (unpaired) electrons. The summed E-state index contributed by atoms with van der Waals surface area (Å²) < 4.78 is 19.0. The summed E-state index contributed by atoms with van der Waals surface area (Å²) >= 11 is 6.22. The number of anilines is 1. The topological polar surface area (TPSA) is 32.8 Å². The van der Waals surface area contributed by atoms with Gasteiger partial charge in [-0.15, -0.1) is 0 Å². The average molecular weight is 349 g/mol. The third kappa shape index (κ3) is 3.31. The lowest BCUT2D eigenvalue weighted by Gasteiger charge is -2.36. The molecule has 0 spiro atoms. The summed E-state index contributed by atoms with van der Waals surface area (Å²) in [7, 11) is 1.46. The van der Waals surface area contributed by atoms with Crippen LogP contribution in [0.5, 0.6) is 5.75 Å². The molecule has 1 aliphatic rings. The molecule has 0 unspecified atom stereocenters. The van der Waals surface area contributed by atoms with Gasteiger partial charge in [0.1, 0.15) is 11.6 Å². The van der Waals surface area contributed by atoms with Gasteiger partial charge in [0, 0.05) is 32.2 Å². The maximum Gasteiger partial charge on any atom is 0.256 e. The van der Waals surface area contributed by atoms with Crippen molar-refractivity contribution in [3.8, 4) is 5.75 Å². The molecule has 1 saturated heterocycles. The fourth-order valence-corrected chi connectivity index (χ4v) is 3.08. The molecule has 1 amide bonds. The molecule has 1 fully saturated rings. The predicted octanol–water partition coefficient (Wildman–Crippen LogP) is 3.45. The molecule has 126 valence electrons. The Morgan fingerprint density at radius 1 is 1.12 bits per heavy atom. The second-order valence-corrected chi connectivity index (χ2v) is 5.98. The van der Waals surface area contributed by atoms with Crippen molar-refractivity contribution in [2.24, 2.45) is 0 Å². The zero-order chi connectivity index (χ0) is 17.1. The summed E-state index contributed by atoms with van der Waals surface area (Å²) in [6, 6.07) is 11.9. The number of methoxy groups -OCH3 is 1. The van der Waals surface area contributed by atoms with Crippen molar-refractivity contribution in [2.45, 2.75) is 0 Å². The van der Waals surface area contributed by atoms with Crippen molar-refractivity contribution in [1.29, 1.82) is 0 Å². The molecule has 1 aliphatic heterocycles. The van der Waals surface area contributed by atoms with Crippen molar-refractivity contribution in [1.82, 2.24) is 4.90 Å². The van der Waals surface area contributed by atoms with E-state index in [1.165, 1.54) is 19.2 Å². The molecular weight excluding hydrogens is 331 g/mol. The molecule has 0 bridgehead atoms. The number of halogens is 2. The highest BCUT2D eigenvalue weighted by molar-refractivity contribution is 6.33. The van der Waals surface area contributed by atoms with Crippen molar-refractivity contribution in [3.63, 3.8) is 0 Å². The second-order valence-electron chi connectivity index (χ2n) is 5.58. The third-order valence-electron chi connectivity index (χ3n) is 4.17. The zero-order valence-electron chi connectivity index (χ0n) is 13.3. The Hall–Kier alpha value is -2.27. The number of benzene rings is 2. The van der Waals surface area contributed by atoms with Crippen LogP contribution in [0.15, 0.2) is 42.5 Å². The molecule has 2 aromatic carbocycles. The first-order valence-electron chi connectivity index (χ1n) is 7.72. The lowest BCUT2D eigenvalue weighted by atomic mass is 10.1. The minimum Gasteiger partial charge on any atom is -0.497 e. The maximum absolute atomic E-state index is 14.1. The fourth-order valence-electron chi connectivity index (χ4n) is 2.83. The van der Waals surface area contributed by atoms with E-state index in [2.05, 4.69) is 4.90 Å². The Balaban J connectivity index is 1.68. The van der Waals surface area contributed by atoms with Crippen molar-refractivity contribution in [3.05, 3.63) is 58.9 Å². The number of ether oxygens (including phenoxy) is 1. The summed E-state index contributed by atoms with van der Waals surface area (Å²) in [6.07, 6.45) is 0. The van der Waals surface area contributed by atoms with E-state index in [0.29, 0.717) is 37.0 Å². The normalized spacial score (nSPS) is 14.6. The van der Waals surface area contributed by atoms with E-state index in [1.807, 2.05) is 24.3 Å². The highest BCUT2D eigenvalue weighted by atomic mass is 35.5. The molecule has 0 aliphatic carbocycles. The fraction of sp³-hybridized carbons (Fsp3) is 0.278. The van der Waals surface area contributed by atoms with E-state index >= 15 is 0 Å². The largest absolute Gasteiger partial charge is 0.497 e. The van der Waals surface area contributed by atoms with Crippen molar-refractivity contribution >= 4 is 23.2 Å². The number of piperazine rings is 1. The highest BCUT2D eigenvalue weighted by Gasteiger charge is 2.25. The molecule has 0 atom stereocenters. The molecule has 1 heterocycles. The SMILES string of the molecule is COc1ccc(C(=O)N2CCN(c3ccccc3Cl)CC2)c(F)c1. The van der Waals surface area contributed by atoms with E-state index < -0.39 is 5.82 Å². The molecule has 4 nitrogen and oxygen atoms in total. The third-order valence-corrected chi connectivity index (χ3v) is 4.49. The summed E-state index contributed by atoms with van der Waals surface area (Å²) in [6.45, 7) is 2.37. The van der Waals surface area contributed by atoms with Gasteiger partial charge in [0.05, 0.1) is 23.4 Å². The molecule has 24 heavy (non-hydrogen) atoms. The number of rotatable bonds is 3. The number of nitrogens with zero attached hydrogens (tertiary/aromatic N) is 2. The van der Waals surface area contributed by atoms with Gasteiger partial charge < -0.3 is 14.5 Å². The van der Waals surface area contributed by atoms with Gasteiger partial charge >= 0.3 is 0 Å². The first kappa shape index (κ1) is 16.6. The average Bonchev–Trinajstić information content (AvgIpc) is 2.61. The standard InChI is InChI=1S/C18H18ClFN2O2/c1-24-13-6-7-14(16(20)12-13)18(23)22-10-8-21(9-11-22)17-5-3-2-4-15(17)19/h2-7,12H,8-11H2,1H3. The van der Waals surface area contributed by atoms with Gasteiger partial charge in [-0.3, -0.25) is 4.79 Å². The Kier molecular flexibility index (Phi) is 4.90. The zero-order valence-corrected chi connectivity index (χ0v) is 14.1. The Morgan fingerprint density at radius 2 is 1.83 bits per heavy atom. The number of hydrogen-bond donors (Lipinski definition) is 0. The van der Waals surface area contributed by atoms with E-state index in [0.717, 1.165) is 5.69 Å². The number of carbonyl (C=O) groups is 1. The van der Waals surface area contributed by atoms with Gasteiger partial charge in [-0.25, -0.2) is 4.39 Å². The Bertz CT molecular complexity index is 746. The van der Waals surface area contributed by atoms with E-state index in [-0.39, 0.29) is 11.5 Å². The number of carbonyl (C=O) groups excluding carboxylic acids is 1. The van der Waals surface area contributed by atoms with Crippen molar-refractivity contribution in [2.75, 3.05) is 38.2 Å². The van der Waals surface area contributed by atoms with Crippen LogP contribution in [-0.4, -0.2) is 44.1 Å². The van der Waals surface area contributed by atoms with Crippen molar-refractivity contribution < 1.29 is 13.9 Å². The maximum atomic E-state index is 14.1. The number of hydrogen-bond acceptors (Lipinski definition) is 3. The van der Waals surface area contributed by atoms with Gasteiger partial charge in [0.2, 0.25) is 0 Å². The van der Waals surface area contributed by atoms with Gasteiger partial charge in [0.15, 0.2) is 0 Å². The lowest BCUT2D eigenvalue weighted by Crippen LogP contribution is -2.49. The first-order chi connectivity index (χ1) is 11.6. The smallest absolute Gasteiger partial charge is 0.256 e. The number of amides is 1. The molecule has 0 saturated carbocycles. The van der Waals surface area contributed by atoms with Crippen LogP contribution in [0, 0.1) is 5.82 Å². The minimum atomic E-state index is -0.562. The van der Waals surface area contributed by atoms with Gasteiger partial charge in [0.25, 0.3) is 5.91 Å². The summed E-state index contributed by atoms with van der Waals surface area (Å²) in [5.41, 5.74) is 1.03. The van der Waals surface area contributed by atoms with Crippen LogP contribution in [0.4, 0.5) is 10.1 Å². The van der Waals surface area contributed by atoms with E-state index in [4.69, 9.17) is 16.3 Å². The molecule has 0 aromatic heterocycles. The lowest BCUT2D eigenvalue weighted by molar-refractivity contribution is 0.0742. The Morgan fingerprint density at radius 3 is 2.46 bits per heavy atom. The molecule has 6 heteroatoms. The van der Waals surface area contributed by atoms with Crippen LogP contribution in [0.3, 0.4) is 0 Å². The van der Waals surface area contributed by atoms with E-state index in [1.54, 1.807) is 11.0 Å². The monoisotopic (exact) mass is 348 g/mol. The Labute approximate surface area is 145 Å². The van der Waals surface area contributed by atoms with Crippen LogP contribution in [0.25, 0.3) is 0 Å². The molecule has 0 N–H and O–H groups in total. The quantitative estimate of drug-likeness (QED) is 0.851. The van der Waals surface area contributed by atoms with Crippen LogP contribution < -0.4 is 9.64 Å². The molecule has 2 aromatic rings. The summed E-state index contributed by atoms with van der Waals surface area (Å²) in [5, 5.41) is 0.693. The van der Waals surface area contributed by atoms with Crippen LogP contribution in [-0.2, 0) is 0 Å². The first-order valence-corrected chi connectivity index (χ1v) is 8.10. The molecule has 3 rings (SSSR count). The van der Waals surface area contributed by atoms with Gasteiger partial charge in [-0.2, -0.15) is 0 Å². The second kappa shape index (κ2) is 7.09. The minimum absolute atomic E-state index is 0.0713. The van der Waals surface area contributed by atoms with E-state index in [9.17, 15) is 9.18 Å². The highest BCUT2D eigenvalue weighted by Crippen LogP contribution is 2.26. The van der Waals surface area contributed by atoms with Gasteiger partial charge in [-0.1, -0.05) is 23.7 Å².